The molecule has 0 aromatic heterocycles. The van der Waals surface area contributed by atoms with Crippen molar-refractivity contribution in [3.8, 4) is 0 Å². The van der Waals surface area contributed by atoms with Gasteiger partial charge in [0.05, 0.1) is 6.61 Å². The molecule has 0 aliphatic carbocycles. The van der Waals surface area contributed by atoms with E-state index >= 15 is 0 Å². The first-order valence-electron chi connectivity index (χ1n) is 6.29. The third-order valence-corrected chi connectivity index (χ3v) is 2.83. The number of hydrogen-bond donors (Lipinski definition) is 0. The minimum Gasteiger partial charge on any atom is -0.359 e. The van der Waals surface area contributed by atoms with Gasteiger partial charge in [0.2, 0.25) is 0 Å². The molecule has 0 radical (unpaired) electrons. The summed E-state index contributed by atoms with van der Waals surface area (Å²) in [6.45, 7) is 7.77. The monoisotopic (exact) mass is 236 g/mol. The molecule has 0 saturated carbocycles. The van der Waals surface area contributed by atoms with Gasteiger partial charge in [-0.05, 0) is 29.4 Å². The third-order valence-electron chi connectivity index (χ3n) is 2.83. The minimum absolute atomic E-state index is 0.386. The molecule has 1 atom stereocenters. The SMILES string of the molecule is COCOCC(C)Cc1ccc(C(C)C)cc1. The summed E-state index contributed by atoms with van der Waals surface area (Å²) < 4.78 is 10.2. The van der Waals surface area contributed by atoms with Crippen LogP contribution in [-0.4, -0.2) is 20.5 Å². The Hall–Kier alpha value is -0.860. The Morgan fingerprint density at radius 2 is 1.71 bits per heavy atom. The van der Waals surface area contributed by atoms with Crippen molar-refractivity contribution in [1.82, 2.24) is 0 Å². The molecule has 0 heterocycles. The van der Waals surface area contributed by atoms with Crippen molar-refractivity contribution in [2.24, 2.45) is 5.92 Å². The standard InChI is InChI=1S/C15H24O2/c1-12(2)15-7-5-14(6-8-15)9-13(3)10-17-11-16-4/h5-8,12-13H,9-11H2,1-4H3. The van der Waals surface area contributed by atoms with Gasteiger partial charge in [0, 0.05) is 7.11 Å². The zero-order chi connectivity index (χ0) is 12.7. The van der Waals surface area contributed by atoms with Crippen LogP contribution in [0.15, 0.2) is 24.3 Å². The highest BCUT2D eigenvalue weighted by atomic mass is 16.7. The van der Waals surface area contributed by atoms with Gasteiger partial charge in [-0.2, -0.15) is 0 Å². The molecular formula is C15H24O2. The molecule has 1 aromatic rings. The maximum absolute atomic E-state index is 5.36. The second-order valence-electron chi connectivity index (χ2n) is 4.98. The van der Waals surface area contributed by atoms with Gasteiger partial charge in [-0.25, -0.2) is 0 Å². The van der Waals surface area contributed by atoms with E-state index in [0.717, 1.165) is 13.0 Å². The molecule has 0 amide bonds. The molecule has 0 aliphatic rings. The van der Waals surface area contributed by atoms with Gasteiger partial charge >= 0.3 is 0 Å². The maximum atomic E-state index is 5.36. The lowest BCUT2D eigenvalue weighted by Gasteiger charge is -2.12. The van der Waals surface area contributed by atoms with Crippen LogP contribution in [0.25, 0.3) is 0 Å². The molecule has 96 valence electrons. The summed E-state index contributed by atoms with van der Waals surface area (Å²) in [6, 6.07) is 8.90. The van der Waals surface area contributed by atoms with Crippen LogP contribution in [0.2, 0.25) is 0 Å². The quantitative estimate of drug-likeness (QED) is 0.532. The molecule has 1 rings (SSSR count). The summed E-state index contributed by atoms with van der Waals surface area (Å²) in [4.78, 5) is 0. The highest BCUT2D eigenvalue weighted by Crippen LogP contribution is 2.16. The molecular weight excluding hydrogens is 212 g/mol. The zero-order valence-electron chi connectivity index (χ0n) is 11.4. The van der Waals surface area contributed by atoms with E-state index < -0.39 is 0 Å². The molecule has 0 spiro atoms. The van der Waals surface area contributed by atoms with Gasteiger partial charge in [-0.15, -0.1) is 0 Å². The number of benzene rings is 1. The Morgan fingerprint density at radius 1 is 1.06 bits per heavy atom. The van der Waals surface area contributed by atoms with Crippen molar-refractivity contribution < 1.29 is 9.47 Å². The summed E-state index contributed by atoms with van der Waals surface area (Å²) in [5.74, 6) is 1.13. The first-order chi connectivity index (χ1) is 8.13. The fraction of sp³-hybridized carbons (Fsp3) is 0.600. The van der Waals surface area contributed by atoms with Crippen LogP contribution in [0.5, 0.6) is 0 Å². The Labute approximate surface area is 105 Å². The predicted molar refractivity (Wildman–Crippen MR) is 71.2 cm³/mol. The third kappa shape index (κ3) is 5.33. The summed E-state index contributed by atoms with van der Waals surface area (Å²) in [5.41, 5.74) is 2.78. The van der Waals surface area contributed by atoms with Crippen molar-refractivity contribution in [3.63, 3.8) is 0 Å². The molecule has 0 bridgehead atoms. The van der Waals surface area contributed by atoms with Gasteiger partial charge in [-0.3, -0.25) is 0 Å². The Bertz CT molecular complexity index is 303. The van der Waals surface area contributed by atoms with E-state index in [9.17, 15) is 0 Å². The minimum atomic E-state index is 0.386. The fourth-order valence-corrected chi connectivity index (χ4v) is 1.83. The largest absolute Gasteiger partial charge is 0.359 e. The Balaban J connectivity index is 2.40. The average molecular weight is 236 g/mol. The van der Waals surface area contributed by atoms with E-state index in [2.05, 4.69) is 45.0 Å². The van der Waals surface area contributed by atoms with Crippen LogP contribution >= 0.6 is 0 Å². The summed E-state index contributed by atoms with van der Waals surface area (Å²) in [7, 11) is 1.65. The second-order valence-corrected chi connectivity index (χ2v) is 4.98. The topological polar surface area (TPSA) is 18.5 Å². The first-order valence-corrected chi connectivity index (χ1v) is 6.29. The van der Waals surface area contributed by atoms with E-state index in [1.807, 2.05) is 0 Å². The number of ether oxygens (including phenoxy) is 2. The number of rotatable bonds is 7. The predicted octanol–water partition coefficient (Wildman–Crippen LogP) is 3.61. The Kier molecular flexibility index (Phi) is 6.23. The molecule has 2 heteroatoms. The maximum Gasteiger partial charge on any atom is 0.146 e. The van der Waals surface area contributed by atoms with Crippen LogP contribution in [0.3, 0.4) is 0 Å². The van der Waals surface area contributed by atoms with E-state index in [0.29, 0.717) is 18.6 Å². The van der Waals surface area contributed by atoms with Gasteiger partial charge in [-0.1, -0.05) is 45.0 Å². The van der Waals surface area contributed by atoms with Crippen molar-refractivity contribution in [2.45, 2.75) is 33.1 Å². The smallest absolute Gasteiger partial charge is 0.146 e. The summed E-state index contributed by atoms with van der Waals surface area (Å²) in [6.07, 6.45) is 1.06. The molecule has 17 heavy (non-hydrogen) atoms. The summed E-state index contributed by atoms with van der Waals surface area (Å²) in [5, 5.41) is 0. The van der Waals surface area contributed by atoms with E-state index in [1.165, 1.54) is 11.1 Å². The van der Waals surface area contributed by atoms with Crippen molar-refractivity contribution in [2.75, 3.05) is 20.5 Å². The highest BCUT2D eigenvalue weighted by Gasteiger charge is 2.05. The molecule has 0 N–H and O–H groups in total. The lowest BCUT2D eigenvalue weighted by molar-refractivity contribution is -0.0414. The average Bonchev–Trinajstić information content (AvgIpc) is 2.30. The number of methoxy groups -OCH3 is 1. The van der Waals surface area contributed by atoms with Crippen LogP contribution < -0.4 is 0 Å². The molecule has 0 aliphatic heterocycles. The van der Waals surface area contributed by atoms with E-state index in [4.69, 9.17) is 9.47 Å². The van der Waals surface area contributed by atoms with Gasteiger partial charge in [0.25, 0.3) is 0 Å². The molecule has 2 nitrogen and oxygen atoms in total. The Morgan fingerprint density at radius 3 is 2.24 bits per heavy atom. The lowest BCUT2D eigenvalue weighted by atomic mass is 9.97. The molecule has 0 fully saturated rings. The van der Waals surface area contributed by atoms with E-state index in [-0.39, 0.29) is 0 Å². The molecule has 1 aromatic carbocycles. The van der Waals surface area contributed by atoms with Gasteiger partial charge in [0.1, 0.15) is 6.79 Å². The van der Waals surface area contributed by atoms with Crippen LogP contribution in [0, 0.1) is 5.92 Å². The van der Waals surface area contributed by atoms with Gasteiger partial charge < -0.3 is 9.47 Å². The number of hydrogen-bond acceptors (Lipinski definition) is 2. The van der Waals surface area contributed by atoms with Crippen molar-refractivity contribution in [1.29, 1.82) is 0 Å². The van der Waals surface area contributed by atoms with Crippen LogP contribution in [0.1, 0.15) is 37.8 Å². The highest BCUT2D eigenvalue weighted by molar-refractivity contribution is 5.24. The zero-order valence-corrected chi connectivity index (χ0v) is 11.4. The lowest BCUT2D eigenvalue weighted by Crippen LogP contribution is -2.10. The van der Waals surface area contributed by atoms with Crippen molar-refractivity contribution in [3.05, 3.63) is 35.4 Å². The van der Waals surface area contributed by atoms with Gasteiger partial charge in [0.15, 0.2) is 0 Å². The van der Waals surface area contributed by atoms with Crippen LogP contribution in [0.4, 0.5) is 0 Å². The van der Waals surface area contributed by atoms with Crippen molar-refractivity contribution >= 4 is 0 Å². The first kappa shape index (κ1) is 14.2. The second kappa shape index (κ2) is 7.46. The van der Waals surface area contributed by atoms with E-state index in [1.54, 1.807) is 7.11 Å². The molecule has 0 saturated heterocycles. The summed E-state index contributed by atoms with van der Waals surface area (Å²) >= 11 is 0. The normalized spacial score (nSPS) is 13.0. The van der Waals surface area contributed by atoms with Crippen LogP contribution in [-0.2, 0) is 15.9 Å². The molecule has 1 unspecified atom stereocenters. The fourth-order valence-electron chi connectivity index (χ4n) is 1.83.